The summed E-state index contributed by atoms with van der Waals surface area (Å²) in [5.74, 6) is -0.221. The van der Waals surface area contributed by atoms with Gasteiger partial charge in [0.25, 0.3) is 0 Å². The zero-order chi connectivity index (χ0) is 15.7. The molecule has 22 heavy (non-hydrogen) atoms. The number of aryl methyl sites for hydroxylation is 2. The molecule has 0 N–H and O–H groups in total. The smallest absolute Gasteiger partial charge is 0.123 e. The molecule has 0 unspecified atom stereocenters. The first-order chi connectivity index (χ1) is 10.6. The van der Waals surface area contributed by atoms with Gasteiger partial charge < -0.3 is 0 Å². The quantitative estimate of drug-likeness (QED) is 0.674. The summed E-state index contributed by atoms with van der Waals surface area (Å²) in [7, 11) is 0. The van der Waals surface area contributed by atoms with Crippen LogP contribution in [-0.2, 0) is 6.42 Å². The molecule has 112 valence electrons. The van der Waals surface area contributed by atoms with E-state index in [1.165, 1.54) is 17.7 Å². The van der Waals surface area contributed by atoms with Gasteiger partial charge in [0, 0.05) is 11.3 Å². The number of benzene rings is 2. The Balaban J connectivity index is 2.07. The minimum atomic E-state index is -0.221. The van der Waals surface area contributed by atoms with Gasteiger partial charge in [0.05, 0.1) is 11.4 Å². The Morgan fingerprint density at radius 1 is 0.955 bits per heavy atom. The number of rotatable bonds is 3. The summed E-state index contributed by atoms with van der Waals surface area (Å²) >= 11 is 0. The highest BCUT2D eigenvalue weighted by Crippen LogP contribution is 2.28. The number of halogens is 1. The third-order valence-corrected chi connectivity index (χ3v) is 4.01. The zero-order valence-corrected chi connectivity index (χ0v) is 13.1. The summed E-state index contributed by atoms with van der Waals surface area (Å²) in [6.45, 7) is 6.18. The first-order valence-electron chi connectivity index (χ1n) is 7.51. The Labute approximate surface area is 130 Å². The number of hydrogen-bond acceptors (Lipinski definition) is 1. The number of hydrogen-bond donors (Lipinski definition) is 0. The second-order valence-corrected chi connectivity index (χ2v) is 5.48. The fraction of sp³-hybridized carbons (Fsp3) is 0.211. The summed E-state index contributed by atoms with van der Waals surface area (Å²) in [4.78, 5) is 0. The van der Waals surface area contributed by atoms with Crippen molar-refractivity contribution >= 4 is 0 Å². The molecule has 0 saturated carbocycles. The van der Waals surface area contributed by atoms with E-state index in [9.17, 15) is 4.39 Å². The van der Waals surface area contributed by atoms with Crippen LogP contribution in [0.3, 0.4) is 0 Å². The topological polar surface area (TPSA) is 17.8 Å². The molecule has 0 atom stereocenters. The van der Waals surface area contributed by atoms with Gasteiger partial charge in [-0.15, -0.1) is 0 Å². The highest BCUT2D eigenvalue weighted by Gasteiger charge is 2.14. The predicted molar refractivity (Wildman–Crippen MR) is 87.8 cm³/mol. The van der Waals surface area contributed by atoms with Gasteiger partial charge >= 0.3 is 0 Å². The standard InChI is InChI=1S/C19H19FN2/c1-4-15-5-11-18(12-6-15)22-14(3)19(13(2)21-22)16-7-9-17(20)10-8-16/h5-12H,4H2,1-3H3. The highest BCUT2D eigenvalue weighted by molar-refractivity contribution is 5.69. The lowest BCUT2D eigenvalue weighted by Crippen LogP contribution is -1.99. The molecule has 0 spiro atoms. The van der Waals surface area contributed by atoms with E-state index in [2.05, 4.69) is 36.3 Å². The third-order valence-electron chi connectivity index (χ3n) is 4.01. The molecule has 0 bridgehead atoms. The van der Waals surface area contributed by atoms with Crippen molar-refractivity contribution < 1.29 is 4.39 Å². The second-order valence-electron chi connectivity index (χ2n) is 5.48. The van der Waals surface area contributed by atoms with E-state index < -0.39 is 0 Å². The largest absolute Gasteiger partial charge is 0.237 e. The Hall–Kier alpha value is -2.42. The Morgan fingerprint density at radius 2 is 1.59 bits per heavy atom. The fourth-order valence-corrected chi connectivity index (χ4v) is 2.80. The first kappa shape index (κ1) is 14.5. The SMILES string of the molecule is CCc1ccc(-n2nc(C)c(-c3ccc(F)cc3)c2C)cc1. The van der Waals surface area contributed by atoms with Crippen LogP contribution in [0.4, 0.5) is 4.39 Å². The molecule has 0 saturated heterocycles. The van der Waals surface area contributed by atoms with Crippen LogP contribution in [-0.4, -0.2) is 9.78 Å². The van der Waals surface area contributed by atoms with Crippen LogP contribution < -0.4 is 0 Å². The lowest BCUT2D eigenvalue weighted by Gasteiger charge is -2.07. The number of aromatic nitrogens is 2. The normalized spacial score (nSPS) is 10.9. The van der Waals surface area contributed by atoms with E-state index in [0.29, 0.717) is 0 Å². The van der Waals surface area contributed by atoms with Gasteiger partial charge in [-0.2, -0.15) is 5.10 Å². The highest BCUT2D eigenvalue weighted by atomic mass is 19.1. The summed E-state index contributed by atoms with van der Waals surface area (Å²) in [5.41, 5.74) is 6.43. The molecule has 3 heteroatoms. The summed E-state index contributed by atoms with van der Waals surface area (Å²) < 4.78 is 15.1. The van der Waals surface area contributed by atoms with Gasteiger partial charge in [0.1, 0.15) is 5.82 Å². The lowest BCUT2D eigenvalue weighted by molar-refractivity contribution is 0.628. The van der Waals surface area contributed by atoms with Gasteiger partial charge in [0.15, 0.2) is 0 Å². The van der Waals surface area contributed by atoms with Crippen LogP contribution in [0.15, 0.2) is 48.5 Å². The monoisotopic (exact) mass is 294 g/mol. The van der Waals surface area contributed by atoms with Crippen LogP contribution in [0.5, 0.6) is 0 Å². The molecule has 0 amide bonds. The van der Waals surface area contributed by atoms with Gasteiger partial charge in [0.2, 0.25) is 0 Å². The lowest BCUT2D eigenvalue weighted by atomic mass is 10.0. The van der Waals surface area contributed by atoms with Crippen molar-refractivity contribution in [1.82, 2.24) is 9.78 Å². The summed E-state index contributed by atoms with van der Waals surface area (Å²) in [5, 5.41) is 4.66. The predicted octanol–water partition coefficient (Wildman–Crippen LogP) is 4.86. The molecule has 0 radical (unpaired) electrons. The Morgan fingerprint density at radius 3 is 2.18 bits per heavy atom. The van der Waals surface area contributed by atoms with Crippen molar-refractivity contribution in [1.29, 1.82) is 0 Å². The maximum atomic E-state index is 13.1. The van der Waals surface area contributed by atoms with Crippen LogP contribution >= 0.6 is 0 Å². The van der Waals surface area contributed by atoms with E-state index in [0.717, 1.165) is 34.6 Å². The maximum Gasteiger partial charge on any atom is 0.123 e. The second kappa shape index (κ2) is 5.76. The van der Waals surface area contributed by atoms with Crippen molar-refractivity contribution in [2.24, 2.45) is 0 Å². The molecule has 0 aliphatic rings. The van der Waals surface area contributed by atoms with Crippen molar-refractivity contribution in [2.45, 2.75) is 27.2 Å². The van der Waals surface area contributed by atoms with Crippen molar-refractivity contribution in [3.8, 4) is 16.8 Å². The van der Waals surface area contributed by atoms with Gasteiger partial charge in [-0.05, 0) is 55.7 Å². The van der Waals surface area contributed by atoms with Crippen molar-refractivity contribution in [2.75, 3.05) is 0 Å². The van der Waals surface area contributed by atoms with E-state index >= 15 is 0 Å². The number of nitrogens with zero attached hydrogens (tertiary/aromatic N) is 2. The molecule has 2 nitrogen and oxygen atoms in total. The summed E-state index contributed by atoms with van der Waals surface area (Å²) in [6.07, 6.45) is 1.03. The minimum Gasteiger partial charge on any atom is -0.237 e. The Bertz CT molecular complexity index is 784. The summed E-state index contributed by atoms with van der Waals surface area (Å²) in [6, 6.07) is 15.0. The van der Waals surface area contributed by atoms with Gasteiger partial charge in [-0.1, -0.05) is 31.2 Å². The molecular weight excluding hydrogens is 275 g/mol. The molecule has 0 fully saturated rings. The van der Waals surface area contributed by atoms with Crippen molar-refractivity contribution in [3.63, 3.8) is 0 Å². The molecule has 1 heterocycles. The molecule has 0 aliphatic heterocycles. The van der Waals surface area contributed by atoms with E-state index in [1.54, 1.807) is 12.1 Å². The molecule has 1 aromatic heterocycles. The Kier molecular flexibility index (Phi) is 3.80. The zero-order valence-electron chi connectivity index (χ0n) is 13.1. The molecule has 3 rings (SSSR count). The molecule has 0 aliphatic carbocycles. The minimum absolute atomic E-state index is 0.221. The average Bonchev–Trinajstić information content (AvgIpc) is 2.83. The fourth-order valence-electron chi connectivity index (χ4n) is 2.80. The average molecular weight is 294 g/mol. The molecule has 2 aromatic carbocycles. The van der Waals surface area contributed by atoms with Crippen LogP contribution in [0.2, 0.25) is 0 Å². The van der Waals surface area contributed by atoms with E-state index in [1.807, 2.05) is 18.5 Å². The van der Waals surface area contributed by atoms with E-state index in [-0.39, 0.29) is 5.82 Å². The maximum absolute atomic E-state index is 13.1. The molecule has 3 aromatic rings. The van der Waals surface area contributed by atoms with Crippen LogP contribution in [0, 0.1) is 19.7 Å². The molecular formula is C19H19FN2. The van der Waals surface area contributed by atoms with Gasteiger partial charge in [-0.25, -0.2) is 9.07 Å². The third kappa shape index (κ3) is 2.54. The van der Waals surface area contributed by atoms with Gasteiger partial charge in [-0.3, -0.25) is 0 Å². The van der Waals surface area contributed by atoms with Crippen molar-refractivity contribution in [3.05, 3.63) is 71.3 Å². The van der Waals surface area contributed by atoms with Crippen LogP contribution in [0.1, 0.15) is 23.9 Å². The van der Waals surface area contributed by atoms with E-state index in [4.69, 9.17) is 0 Å². The van der Waals surface area contributed by atoms with Crippen LogP contribution in [0.25, 0.3) is 16.8 Å². The first-order valence-corrected chi connectivity index (χ1v) is 7.51.